The quantitative estimate of drug-likeness (QED) is 0.466. The Labute approximate surface area is 94.1 Å². The van der Waals surface area contributed by atoms with Crippen LogP contribution >= 0.6 is 0 Å². The fraction of sp³-hybridized carbons (Fsp3) is 0.364. The van der Waals surface area contributed by atoms with E-state index in [0.29, 0.717) is 23.6 Å². The summed E-state index contributed by atoms with van der Waals surface area (Å²) in [5.41, 5.74) is 6.45. The molecule has 0 amide bonds. The Morgan fingerprint density at radius 1 is 1.44 bits per heavy atom. The van der Waals surface area contributed by atoms with Crippen LogP contribution in [0.15, 0.2) is 18.2 Å². The number of ether oxygens (including phenoxy) is 3. The van der Waals surface area contributed by atoms with Crippen molar-refractivity contribution in [2.75, 3.05) is 26.2 Å². The third kappa shape index (κ3) is 3.13. The largest absolute Gasteiger partial charge is 0.467 e. The van der Waals surface area contributed by atoms with Crippen molar-refractivity contribution in [3.63, 3.8) is 0 Å². The van der Waals surface area contributed by atoms with Gasteiger partial charge in [0.2, 0.25) is 0 Å². The average Bonchev–Trinajstić information content (AvgIpc) is 2.26. The molecule has 5 heteroatoms. The summed E-state index contributed by atoms with van der Waals surface area (Å²) >= 11 is 0. The van der Waals surface area contributed by atoms with Crippen molar-refractivity contribution in [3.8, 4) is 5.75 Å². The van der Waals surface area contributed by atoms with Crippen LogP contribution in [0, 0.1) is 0 Å². The molecule has 1 rings (SSSR count). The molecule has 88 valence electrons. The van der Waals surface area contributed by atoms with Gasteiger partial charge in [0.1, 0.15) is 11.3 Å². The summed E-state index contributed by atoms with van der Waals surface area (Å²) in [5.74, 6) is -0.0751. The molecule has 2 N–H and O–H groups in total. The first-order valence-electron chi connectivity index (χ1n) is 4.87. The monoisotopic (exact) mass is 225 g/mol. The maximum atomic E-state index is 11.6. The first-order chi connectivity index (χ1) is 7.69. The minimum atomic E-state index is -0.436. The van der Waals surface area contributed by atoms with E-state index in [1.165, 1.54) is 7.11 Å². The minimum absolute atomic E-state index is 0.0514. The number of nitrogens with two attached hydrogens (primary N) is 1. The molecular formula is C11H15NO4. The molecule has 0 aliphatic carbocycles. The lowest BCUT2D eigenvalue weighted by atomic mass is 10.2. The molecule has 0 atom stereocenters. The topological polar surface area (TPSA) is 70.8 Å². The summed E-state index contributed by atoms with van der Waals surface area (Å²) in [6.45, 7) is 2.10. The number of benzene rings is 1. The summed E-state index contributed by atoms with van der Waals surface area (Å²) in [4.78, 5) is 11.6. The molecular weight excluding hydrogens is 210 g/mol. The number of rotatable bonds is 5. The van der Waals surface area contributed by atoms with Crippen LogP contribution in [0.3, 0.4) is 0 Å². The second kappa shape index (κ2) is 5.97. The van der Waals surface area contributed by atoms with Gasteiger partial charge in [-0.2, -0.15) is 0 Å². The van der Waals surface area contributed by atoms with Crippen LogP contribution < -0.4 is 10.5 Å². The van der Waals surface area contributed by atoms with E-state index in [0.717, 1.165) is 0 Å². The molecule has 0 unspecified atom stereocenters. The Balaban J connectivity index is 2.92. The van der Waals surface area contributed by atoms with Crippen LogP contribution in [0.5, 0.6) is 5.75 Å². The molecule has 1 aromatic rings. The molecule has 0 saturated heterocycles. The molecule has 0 heterocycles. The van der Waals surface area contributed by atoms with E-state index in [2.05, 4.69) is 0 Å². The zero-order valence-electron chi connectivity index (χ0n) is 9.36. The standard InChI is InChI=1S/C11H15NO4/c1-3-15-11(13)9-5-4-8(12)6-10(9)16-7-14-2/h4-6H,3,7,12H2,1-2H3. The molecule has 0 spiro atoms. The van der Waals surface area contributed by atoms with E-state index in [9.17, 15) is 4.79 Å². The van der Waals surface area contributed by atoms with E-state index in [4.69, 9.17) is 19.9 Å². The molecule has 0 fully saturated rings. The number of carbonyl (C=O) groups excluding carboxylic acids is 1. The van der Waals surface area contributed by atoms with Gasteiger partial charge < -0.3 is 19.9 Å². The highest BCUT2D eigenvalue weighted by Gasteiger charge is 2.13. The summed E-state index contributed by atoms with van der Waals surface area (Å²) in [6.07, 6.45) is 0. The highest BCUT2D eigenvalue weighted by atomic mass is 16.7. The molecule has 5 nitrogen and oxygen atoms in total. The SMILES string of the molecule is CCOC(=O)c1ccc(N)cc1OCOC. The Kier molecular flexibility index (Phi) is 4.60. The molecule has 0 bridgehead atoms. The molecule has 0 radical (unpaired) electrons. The zero-order chi connectivity index (χ0) is 12.0. The van der Waals surface area contributed by atoms with Gasteiger partial charge in [-0.25, -0.2) is 4.79 Å². The highest BCUT2D eigenvalue weighted by molar-refractivity contribution is 5.93. The number of hydrogen-bond acceptors (Lipinski definition) is 5. The van der Waals surface area contributed by atoms with E-state index in [-0.39, 0.29) is 6.79 Å². The normalized spacial score (nSPS) is 9.88. The lowest BCUT2D eigenvalue weighted by Crippen LogP contribution is -2.09. The summed E-state index contributed by atoms with van der Waals surface area (Å²) in [5, 5.41) is 0. The van der Waals surface area contributed by atoms with Gasteiger partial charge in [0.15, 0.2) is 6.79 Å². The van der Waals surface area contributed by atoms with Crippen LogP contribution in [0.4, 0.5) is 5.69 Å². The average molecular weight is 225 g/mol. The number of nitrogen functional groups attached to an aromatic ring is 1. The van der Waals surface area contributed by atoms with Crippen molar-refractivity contribution < 1.29 is 19.0 Å². The Hall–Kier alpha value is -1.75. The van der Waals surface area contributed by atoms with Crippen LogP contribution in [0.2, 0.25) is 0 Å². The smallest absolute Gasteiger partial charge is 0.341 e. The number of hydrogen-bond donors (Lipinski definition) is 1. The predicted octanol–water partition coefficient (Wildman–Crippen LogP) is 1.43. The third-order valence-electron chi connectivity index (χ3n) is 1.83. The van der Waals surface area contributed by atoms with Crippen LogP contribution in [0.1, 0.15) is 17.3 Å². The van der Waals surface area contributed by atoms with Crippen molar-refractivity contribution >= 4 is 11.7 Å². The fourth-order valence-corrected chi connectivity index (χ4v) is 1.16. The van der Waals surface area contributed by atoms with Gasteiger partial charge in [0.25, 0.3) is 0 Å². The first kappa shape index (κ1) is 12.3. The van der Waals surface area contributed by atoms with Crippen LogP contribution in [-0.2, 0) is 9.47 Å². The zero-order valence-corrected chi connectivity index (χ0v) is 9.36. The van der Waals surface area contributed by atoms with E-state index in [1.807, 2.05) is 0 Å². The Bertz CT molecular complexity index is 365. The van der Waals surface area contributed by atoms with Crippen molar-refractivity contribution in [2.24, 2.45) is 0 Å². The lowest BCUT2D eigenvalue weighted by molar-refractivity contribution is 0.0439. The van der Waals surface area contributed by atoms with Gasteiger partial charge in [-0.1, -0.05) is 0 Å². The van der Waals surface area contributed by atoms with Crippen molar-refractivity contribution in [1.82, 2.24) is 0 Å². The number of anilines is 1. The van der Waals surface area contributed by atoms with Crippen LogP contribution in [0.25, 0.3) is 0 Å². The van der Waals surface area contributed by atoms with Gasteiger partial charge in [-0.15, -0.1) is 0 Å². The maximum Gasteiger partial charge on any atom is 0.341 e. The lowest BCUT2D eigenvalue weighted by Gasteiger charge is -2.10. The van der Waals surface area contributed by atoms with Gasteiger partial charge in [-0.05, 0) is 19.1 Å². The maximum absolute atomic E-state index is 11.6. The number of carbonyl (C=O) groups is 1. The fourth-order valence-electron chi connectivity index (χ4n) is 1.16. The Morgan fingerprint density at radius 3 is 2.81 bits per heavy atom. The van der Waals surface area contributed by atoms with Gasteiger partial charge in [-0.3, -0.25) is 0 Å². The van der Waals surface area contributed by atoms with Crippen molar-refractivity contribution in [1.29, 1.82) is 0 Å². The number of esters is 1. The van der Waals surface area contributed by atoms with Crippen molar-refractivity contribution in [2.45, 2.75) is 6.92 Å². The molecule has 1 aromatic carbocycles. The molecule has 0 aliphatic heterocycles. The second-order valence-corrected chi connectivity index (χ2v) is 3.03. The van der Waals surface area contributed by atoms with Crippen LogP contribution in [-0.4, -0.2) is 26.5 Å². The second-order valence-electron chi connectivity index (χ2n) is 3.03. The van der Waals surface area contributed by atoms with Gasteiger partial charge >= 0.3 is 5.97 Å². The van der Waals surface area contributed by atoms with Gasteiger partial charge in [0.05, 0.1) is 6.61 Å². The number of methoxy groups -OCH3 is 1. The summed E-state index contributed by atoms with van der Waals surface area (Å²) < 4.78 is 14.9. The predicted molar refractivity (Wildman–Crippen MR) is 59.3 cm³/mol. The molecule has 0 saturated carbocycles. The van der Waals surface area contributed by atoms with E-state index >= 15 is 0 Å². The van der Waals surface area contributed by atoms with Gasteiger partial charge in [0, 0.05) is 18.9 Å². The Morgan fingerprint density at radius 2 is 2.19 bits per heavy atom. The van der Waals surface area contributed by atoms with E-state index < -0.39 is 5.97 Å². The minimum Gasteiger partial charge on any atom is -0.467 e. The molecule has 16 heavy (non-hydrogen) atoms. The molecule has 0 aliphatic rings. The highest BCUT2D eigenvalue weighted by Crippen LogP contribution is 2.22. The molecule has 0 aromatic heterocycles. The summed E-state index contributed by atoms with van der Waals surface area (Å²) in [7, 11) is 1.50. The van der Waals surface area contributed by atoms with E-state index in [1.54, 1.807) is 25.1 Å². The summed E-state index contributed by atoms with van der Waals surface area (Å²) in [6, 6.07) is 4.75. The third-order valence-corrected chi connectivity index (χ3v) is 1.83. The first-order valence-corrected chi connectivity index (χ1v) is 4.87. The van der Waals surface area contributed by atoms with Crippen molar-refractivity contribution in [3.05, 3.63) is 23.8 Å².